The highest BCUT2D eigenvalue weighted by Gasteiger charge is 2.45. The highest BCUT2D eigenvalue weighted by Crippen LogP contribution is 2.27. The quantitative estimate of drug-likeness (QED) is 0.247. The SMILES string of the molecule is CC[C@@H]1NC(=O)[C@H](NC(=O)c2ncccc2O)[C@H](C)OC(=O)[C@H](c2ccccc2)NC(=O)[C@@H]2CC(=O)CCN2C(=O)[C@@H](Cc2ccc(N(C)C)cc2)N(C)C(=O)[C@@H]2CCCN2C1=O. The third-order valence-electron chi connectivity index (χ3n) is 11.8. The first-order valence-electron chi connectivity index (χ1n) is 21.1. The molecular formula is C45H54N8O10. The number of Topliss-reactive ketones (excluding diaryl/α,β-unsaturated/α-hetero) is 1. The van der Waals surface area contributed by atoms with E-state index in [4.69, 9.17) is 4.74 Å². The fourth-order valence-corrected chi connectivity index (χ4v) is 8.20. The molecular weight excluding hydrogens is 813 g/mol. The molecule has 18 heteroatoms. The van der Waals surface area contributed by atoms with Crippen LogP contribution >= 0.6 is 0 Å². The van der Waals surface area contributed by atoms with Gasteiger partial charge in [0.05, 0.1) is 0 Å². The van der Waals surface area contributed by atoms with Crippen LogP contribution in [0.3, 0.4) is 0 Å². The Kier molecular flexibility index (Phi) is 14.4. The molecule has 1 aromatic heterocycles. The summed E-state index contributed by atoms with van der Waals surface area (Å²) in [6.45, 7) is 3.02. The van der Waals surface area contributed by atoms with Crippen molar-refractivity contribution < 1.29 is 48.2 Å². The smallest absolute Gasteiger partial charge is 0.333 e. The standard InChI is InChI=1S/C45H54N8O10/c1-6-31-42(59)52-22-11-14-32(52)43(60)51(5)34(24-27-16-18-29(19-17-27)50(3)4)44(61)53-23-20-30(54)25-33(53)39(56)49-37(28-12-8-7-9-13-28)45(62)63-26(2)36(40(57)47-31)48-41(58)38-35(55)15-10-21-46-38/h7-10,12-13,15-19,21,26,31-34,36-37,55H,6,11,14,20,22-25H2,1-5H3,(H,47,57)(H,48,58)(H,49,56)/t26-,31-,32-,33-,34+,36+,37-/m0/s1. The number of esters is 1. The molecule has 3 aromatic rings. The number of aromatic hydroxyl groups is 1. The van der Waals surface area contributed by atoms with Gasteiger partial charge < -0.3 is 45.4 Å². The first kappa shape index (κ1) is 45.7. The number of likely N-dealkylation sites (N-methyl/N-ethyl adjacent to an activating group) is 1. The number of aromatic nitrogens is 1. The molecule has 6 rings (SSSR count). The molecule has 7 atom stereocenters. The van der Waals surface area contributed by atoms with Crippen molar-refractivity contribution in [2.75, 3.05) is 39.1 Å². The zero-order valence-corrected chi connectivity index (χ0v) is 36.0. The third kappa shape index (κ3) is 10.3. The number of hydrogen-bond acceptors (Lipinski definition) is 12. The molecule has 3 aliphatic rings. The lowest BCUT2D eigenvalue weighted by Gasteiger charge is -2.40. The van der Waals surface area contributed by atoms with Gasteiger partial charge in [-0.15, -0.1) is 0 Å². The van der Waals surface area contributed by atoms with Crippen LogP contribution in [-0.4, -0.2) is 143 Å². The number of amides is 6. The molecule has 4 N–H and O–H groups in total. The molecule has 18 nitrogen and oxygen atoms in total. The minimum absolute atomic E-state index is 0.0299. The summed E-state index contributed by atoms with van der Waals surface area (Å²) < 4.78 is 5.85. The summed E-state index contributed by atoms with van der Waals surface area (Å²) >= 11 is 0. The number of piperidine rings is 1. The van der Waals surface area contributed by atoms with E-state index in [1.807, 2.05) is 43.3 Å². The summed E-state index contributed by atoms with van der Waals surface area (Å²) in [4.78, 5) is 123. The number of pyridine rings is 1. The van der Waals surface area contributed by atoms with E-state index in [1.165, 1.54) is 47.0 Å². The van der Waals surface area contributed by atoms with Gasteiger partial charge in [0, 0.05) is 65.4 Å². The second kappa shape index (κ2) is 19.9. The van der Waals surface area contributed by atoms with Gasteiger partial charge in [-0.1, -0.05) is 49.4 Å². The predicted molar refractivity (Wildman–Crippen MR) is 228 cm³/mol. The Bertz CT molecular complexity index is 2220. The highest BCUT2D eigenvalue weighted by molar-refractivity contribution is 6.01. The lowest BCUT2D eigenvalue weighted by Crippen LogP contribution is -2.61. The van der Waals surface area contributed by atoms with Crippen molar-refractivity contribution in [2.45, 2.75) is 94.7 Å². The average molecular weight is 867 g/mol. The van der Waals surface area contributed by atoms with Crippen molar-refractivity contribution >= 4 is 52.9 Å². The maximum absolute atomic E-state index is 15.0. The number of ketones is 1. The lowest BCUT2D eigenvalue weighted by atomic mass is 9.95. The lowest BCUT2D eigenvalue weighted by molar-refractivity contribution is -0.156. The van der Waals surface area contributed by atoms with Crippen LogP contribution in [0.5, 0.6) is 5.75 Å². The molecule has 0 unspecified atom stereocenters. The van der Waals surface area contributed by atoms with Crippen LogP contribution in [0.4, 0.5) is 5.69 Å². The molecule has 0 spiro atoms. The molecule has 0 bridgehead atoms. The average Bonchev–Trinajstić information content (AvgIpc) is 3.77. The van der Waals surface area contributed by atoms with Crippen molar-refractivity contribution in [3.63, 3.8) is 0 Å². The van der Waals surface area contributed by atoms with E-state index in [2.05, 4.69) is 20.9 Å². The Balaban J connectivity index is 1.44. The molecule has 3 saturated heterocycles. The monoisotopic (exact) mass is 866 g/mol. The molecule has 0 aliphatic carbocycles. The third-order valence-corrected chi connectivity index (χ3v) is 11.8. The van der Waals surface area contributed by atoms with E-state index in [-0.39, 0.29) is 56.5 Å². The Hall–Kier alpha value is -6.85. The molecule has 0 saturated carbocycles. The Labute approximate surface area is 365 Å². The summed E-state index contributed by atoms with van der Waals surface area (Å²) in [7, 11) is 5.25. The number of nitrogens with zero attached hydrogens (tertiary/aromatic N) is 5. The first-order valence-corrected chi connectivity index (χ1v) is 21.1. The van der Waals surface area contributed by atoms with Crippen LogP contribution in [0.1, 0.15) is 73.6 Å². The van der Waals surface area contributed by atoms with Crippen LogP contribution in [0, 0.1) is 0 Å². The van der Waals surface area contributed by atoms with Gasteiger partial charge >= 0.3 is 5.97 Å². The van der Waals surface area contributed by atoms with Crippen LogP contribution in [-0.2, 0) is 44.7 Å². The first-order chi connectivity index (χ1) is 30.1. The van der Waals surface area contributed by atoms with E-state index >= 15 is 0 Å². The fourth-order valence-electron chi connectivity index (χ4n) is 8.20. The van der Waals surface area contributed by atoms with Crippen LogP contribution < -0.4 is 20.9 Å². The van der Waals surface area contributed by atoms with Gasteiger partial charge in [-0.25, -0.2) is 9.78 Å². The van der Waals surface area contributed by atoms with E-state index < -0.39 is 95.2 Å². The minimum atomic E-state index is -1.68. The Morgan fingerprint density at radius 3 is 2.24 bits per heavy atom. The number of carbonyl (C=O) groups excluding carboxylic acids is 8. The van der Waals surface area contributed by atoms with Gasteiger partial charge in [0.25, 0.3) is 5.91 Å². The highest BCUT2D eigenvalue weighted by atomic mass is 16.5. The number of benzene rings is 2. The molecule has 63 heavy (non-hydrogen) atoms. The van der Waals surface area contributed by atoms with E-state index in [0.29, 0.717) is 12.0 Å². The van der Waals surface area contributed by atoms with Crippen LogP contribution in [0.15, 0.2) is 72.9 Å². The number of ether oxygens (including phenoxy) is 1. The second-order valence-electron chi connectivity index (χ2n) is 16.2. The van der Waals surface area contributed by atoms with E-state index in [1.54, 1.807) is 37.3 Å². The molecule has 3 fully saturated rings. The minimum Gasteiger partial charge on any atom is -0.505 e. The van der Waals surface area contributed by atoms with Crippen molar-refractivity contribution in [3.05, 3.63) is 89.7 Å². The van der Waals surface area contributed by atoms with E-state index in [0.717, 1.165) is 5.69 Å². The van der Waals surface area contributed by atoms with E-state index in [9.17, 15) is 43.5 Å². The summed E-state index contributed by atoms with van der Waals surface area (Å²) in [5.41, 5.74) is 1.45. The molecule has 6 amide bonds. The zero-order chi connectivity index (χ0) is 45.5. The van der Waals surface area contributed by atoms with Crippen molar-refractivity contribution in [1.82, 2.24) is 35.6 Å². The number of cyclic esters (lactones) is 1. The molecule has 4 heterocycles. The Morgan fingerprint density at radius 1 is 0.873 bits per heavy atom. The van der Waals surface area contributed by atoms with Gasteiger partial charge in [0.1, 0.15) is 47.8 Å². The second-order valence-corrected chi connectivity index (χ2v) is 16.2. The number of nitrogens with one attached hydrogen (secondary N) is 3. The summed E-state index contributed by atoms with van der Waals surface area (Å²) in [5.74, 6) is -6.33. The van der Waals surface area contributed by atoms with Gasteiger partial charge in [-0.2, -0.15) is 0 Å². The number of rotatable bonds is 7. The van der Waals surface area contributed by atoms with Crippen molar-refractivity contribution in [3.8, 4) is 5.75 Å². The molecule has 3 aliphatic heterocycles. The topological polar surface area (TPSA) is 228 Å². The van der Waals surface area contributed by atoms with Gasteiger partial charge in [-0.05, 0) is 61.6 Å². The number of carbonyl (C=O) groups is 8. The predicted octanol–water partition coefficient (Wildman–Crippen LogP) is 1.27. The molecule has 334 valence electrons. The number of fused-ring (bicyclic) bond motifs is 2. The number of anilines is 1. The van der Waals surface area contributed by atoms with Crippen LogP contribution in [0.2, 0.25) is 0 Å². The maximum Gasteiger partial charge on any atom is 0.333 e. The van der Waals surface area contributed by atoms with Gasteiger partial charge in [0.2, 0.25) is 29.5 Å². The largest absolute Gasteiger partial charge is 0.505 e. The fraction of sp³-hybridized carbons (Fsp3) is 0.444. The maximum atomic E-state index is 15.0. The molecule has 2 aromatic carbocycles. The normalized spacial score (nSPS) is 25.4. The summed E-state index contributed by atoms with van der Waals surface area (Å²) in [6, 6.07) is 10.1. The zero-order valence-electron chi connectivity index (χ0n) is 36.0. The number of hydrogen-bond donors (Lipinski definition) is 4. The molecule has 0 radical (unpaired) electrons. The van der Waals surface area contributed by atoms with Gasteiger partial charge in [0.15, 0.2) is 11.7 Å². The summed E-state index contributed by atoms with van der Waals surface area (Å²) in [5, 5.41) is 18.2. The summed E-state index contributed by atoms with van der Waals surface area (Å²) in [6.07, 6.45) is 0.175. The van der Waals surface area contributed by atoms with Crippen molar-refractivity contribution in [2.24, 2.45) is 0 Å². The van der Waals surface area contributed by atoms with Gasteiger partial charge in [-0.3, -0.25) is 33.6 Å². The Morgan fingerprint density at radius 2 is 1.57 bits per heavy atom. The van der Waals surface area contributed by atoms with Crippen molar-refractivity contribution in [1.29, 1.82) is 0 Å². The van der Waals surface area contributed by atoms with Crippen LogP contribution in [0.25, 0.3) is 0 Å².